The summed E-state index contributed by atoms with van der Waals surface area (Å²) < 4.78 is 1.07. The zero-order valence-electron chi connectivity index (χ0n) is 4.52. The van der Waals surface area contributed by atoms with E-state index in [0.29, 0.717) is 0 Å². The van der Waals surface area contributed by atoms with Gasteiger partial charge in [0.1, 0.15) is 0 Å². The van der Waals surface area contributed by atoms with Crippen LogP contribution >= 0.6 is 17.0 Å². The lowest BCUT2D eigenvalue weighted by Crippen LogP contribution is -1.77. The molecular weight excluding hydrogens is 164 g/mol. The van der Waals surface area contributed by atoms with Crippen LogP contribution in [0.2, 0.25) is 4.05 Å². The largest absolute Gasteiger partial charge is 0.227 e. The molecule has 2 heteroatoms. The third-order valence-corrected chi connectivity index (χ3v) is 2.29. The van der Waals surface area contributed by atoms with Gasteiger partial charge >= 0.3 is 0 Å². The predicted octanol–water partition coefficient (Wildman–Crippen LogP) is 2.10. The normalized spacial score (nSPS) is 21.6. The fourth-order valence-electron chi connectivity index (χ4n) is 1.01. The van der Waals surface area contributed by atoms with Crippen LogP contribution in [0.5, 0.6) is 0 Å². The Morgan fingerprint density at radius 1 is 1.14 bits per heavy atom. The van der Waals surface area contributed by atoms with Gasteiger partial charge in [-0.2, -0.15) is 4.05 Å². The Morgan fingerprint density at radius 3 is 1.71 bits per heavy atom. The highest BCUT2D eigenvalue weighted by Gasteiger charge is 2.04. The standard InChI is InChI=1S/C5H9.BrH.Mg/c1-2-4-5-3-1;;/h1H,2-5H2;1H;. The van der Waals surface area contributed by atoms with Crippen molar-refractivity contribution in [3.63, 3.8) is 0 Å². The van der Waals surface area contributed by atoms with Crippen molar-refractivity contribution in [2.24, 2.45) is 0 Å². The van der Waals surface area contributed by atoms with E-state index in [2.05, 4.69) is 21.7 Å². The molecule has 7 heavy (non-hydrogen) atoms. The van der Waals surface area contributed by atoms with Gasteiger partial charge in [0.2, 0.25) is 21.7 Å². The van der Waals surface area contributed by atoms with E-state index in [1.807, 2.05) is 0 Å². The van der Waals surface area contributed by atoms with E-state index in [0.717, 1.165) is 4.05 Å². The van der Waals surface area contributed by atoms with Gasteiger partial charge in [-0.25, -0.2) is 0 Å². The van der Waals surface area contributed by atoms with Crippen LogP contribution in [0.1, 0.15) is 25.7 Å². The summed E-state index contributed by atoms with van der Waals surface area (Å²) in [5.74, 6) is 0. The molecule has 0 aromatic carbocycles. The molecule has 1 aliphatic carbocycles. The van der Waals surface area contributed by atoms with E-state index < -0.39 is 0 Å². The predicted molar refractivity (Wildman–Crippen MR) is 38.3 cm³/mol. The van der Waals surface area contributed by atoms with Crippen molar-refractivity contribution in [3.05, 3.63) is 0 Å². The Labute approximate surface area is 68.3 Å². The molecule has 0 amide bonds. The molecule has 39 valence electrons. The summed E-state index contributed by atoms with van der Waals surface area (Å²) in [7, 11) is 0. The Morgan fingerprint density at radius 2 is 1.57 bits per heavy atom. The van der Waals surface area contributed by atoms with E-state index in [1.54, 1.807) is 0 Å². The van der Waals surface area contributed by atoms with Gasteiger partial charge in [0.25, 0.3) is 0 Å². The van der Waals surface area contributed by atoms with Crippen LogP contribution < -0.4 is 0 Å². The smallest absolute Gasteiger partial charge is 0.166 e. The molecule has 0 spiro atoms. The molecule has 1 aliphatic rings. The van der Waals surface area contributed by atoms with Crippen LogP contribution in [0.25, 0.3) is 0 Å². The van der Waals surface area contributed by atoms with E-state index in [-0.39, 0.29) is 17.0 Å². The second-order valence-corrected chi connectivity index (χ2v) is 3.31. The third-order valence-electron chi connectivity index (χ3n) is 1.47. The molecule has 1 rings (SSSR count). The van der Waals surface area contributed by atoms with Gasteiger partial charge in [0.05, 0.1) is 0 Å². The van der Waals surface area contributed by atoms with Crippen molar-refractivity contribution < 1.29 is 0 Å². The van der Waals surface area contributed by atoms with Crippen molar-refractivity contribution >= 4 is 38.7 Å². The minimum Gasteiger partial charge on any atom is -0.166 e. The van der Waals surface area contributed by atoms with Gasteiger partial charge < -0.3 is 0 Å². The van der Waals surface area contributed by atoms with Gasteiger partial charge in [-0.05, 0) is 0 Å². The van der Waals surface area contributed by atoms with Gasteiger partial charge in [-0.3, -0.25) is 0 Å². The van der Waals surface area contributed by atoms with Gasteiger partial charge in [0, 0.05) is 0 Å². The summed E-state index contributed by atoms with van der Waals surface area (Å²) in [4.78, 5) is 0. The van der Waals surface area contributed by atoms with Crippen LogP contribution in [0.3, 0.4) is 0 Å². The fourth-order valence-corrected chi connectivity index (χ4v) is 1.59. The summed E-state index contributed by atoms with van der Waals surface area (Å²) in [5, 5.41) is 0. The zero-order chi connectivity index (χ0) is 4.41. The molecule has 1 saturated carbocycles. The third kappa shape index (κ3) is 2.93. The maximum absolute atomic E-state index is 2.16. The number of halogens is 1. The molecule has 0 unspecified atom stereocenters. The molecule has 1 radical (unpaired) electrons. The molecule has 0 heterocycles. The first kappa shape index (κ1) is 8.25. The van der Waals surface area contributed by atoms with Crippen LogP contribution in [0.15, 0.2) is 0 Å². The minimum absolute atomic E-state index is 0. The number of hydrogen-bond acceptors (Lipinski definition) is 0. The molecule has 0 bridgehead atoms. The molecule has 0 atom stereocenters. The fraction of sp³-hybridized carbons (Fsp3) is 1.00. The number of rotatable bonds is 0. The summed E-state index contributed by atoms with van der Waals surface area (Å²) in [6.45, 7) is 0. The lowest BCUT2D eigenvalue weighted by molar-refractivity contribution is 0.880. The molecule has 0 saturated heterocycles. The van der Waals surface area contributed by atoms with Crippen molar-refractivity contribution in [1.82, 2.24) is 0 Å². The second-order valence-electron chi connectivity index (χ2n) is 2.15. The lowest BCUT2D eigenvalue weighted by Gasteiger charge is -1.94. The van der Waals surface area contributed by atoms with Gasteiger partial charge in [-0.1, -0.05) is 25.7 Å². The molecule has 1 fully saturated rings. The minimum atomic E-state index is 0. The second kappa shape index (κ2) is 4.16. The number of hydrogen-bond donors (Lipinski definition) is 0. The van der Waals surface area contributed by atoms with Crippen molar-refractivity contribution in [2.45, 2.75) is 29.7 Å². The molecular formula is C5H10BrMg. The van der Waals surface area contributed by atoms with Gasteiger partial charge in [0.15, 0.2) is 0 Å². The van der Waals surface area contributed by atoms with E-state index in [1.165, 1.54) is 25.7 Å². The monoisotopic (exact) mass is 173 g/mol. The van der Waals surface area contributed by atoms with Crippen LogP contribution in [0, 0.1) is 0 Å². The summed E-state index contributed by atoms with van der Waals surface area (Å²) >= 11 is 2.16. The molecule has 0 aromatic rings. The van der Waals surface area contributed by atoms with E-state index in [9.17, 15) is 0 Å². The van der Waals surface area contributed by atoms with Crippen LogP contribution in [0.4, 0.5) is 0 Å². The Hall–Kier alpha value is 1.25. The summed E-state index contributed by atoms with van der Waals surface area (Å²) in [6, 6.07) is 0. The molecule has 0 N–H and O–H groups in total. The van der Waals surface area contributed by atoms with Crippen molar-refractivity contribution in [1.29, 1.82) is 0 Å². The Bertz CT molecular complexity index is 41.3. The average molecular weight is 174 g/mol. The maximum atomic E-state index is 2.16. The topological polar surface area (TPSA) is 0 Å². The zero-order valence-corrected chi connectivity index (χ0v) is 7.65. The van der Waals surface area contributed by atoms with Crippen molar-refractivity contribution in [3.8, 4) is 0 Å². The summed E-state index contributed by atoms with van der Waals surface area (Å²) in [6.07, 6.45) is 5.99. The first-order valence-electron chi connectivity index (χ1n) is 2.72. The van der Waals surface area contributed by atoms with E-state index in [4.69, 9.17) is 0 Å². The SMILES string of the molecule is Br.[Mg][CH]1CCCC1. The molecule has 0 aromatic heterocycles. The van der Waals surface area contributed by atoms with Crippen LogP contribution in [-0.4, -0.2) is 21.7 Å². The maximum Gasteiger partial charge on any atom is 0.227 e. The van der Waals surface area contributed by atoms with Crippen LogP contribution in [-0.2, 0) is 0 Å². The molecule has 0 aliphatic heterocycles. The first-order valence-corrected chi connectivity index (χ1v) is 3.54. The molecule has 0 nitrogen and oxygen atoms in total. The average Bonchev–Trinajstić information content (AvgIpc) is 1.86. The lowest BCUT2D eigenvalue weighted by atomic mass is 10.4. The summed E-state index contributed by atoms with van der Waals surface area (Å²) in [5.41, 5.74) is 0. The highest BCUT2D eigenvalue weighted by molar-refractivity contribution is 8.93. The van der Waals surface area contributed by atoms with E-state index >= 15 is 0 Å². The quantitative estimate of drug-likeness (QED) is 0.493. The first-order chi connectivity index (χ1) is 2.89. The highest BCUT2D eigenvalue weighted by Crippen LogP contribution is 2.26. The van der Waals surface area contributed by atoms with Gasteiger partial charge in [-0.15, -0.1) is 17.0 Å². The highest BCUT2D eigenvalue weighted by atomic mass is 79.9. The Balaban J connectivity index is 0.000000360. The Kier molecular flexibility index (Phi) is 4.90. The van der Waals surface area contributed by atoms with Crippen molar-refractivity contribution in [2.75, 3.05) is 0 Å².